The SMILES string of the molecule is Cc1ccsc1/C=N/n1c(-c2ccccn2)n[nH]c1=S. The zero-order valence-corrected chi connectivity index (χ0v) is 12.3. The maximum Gasteiger partial charge on any atom is 0.216 e. The van der Waals surface area contributed by atoms with Gasteiger partial charge in [0.2, 0.25) is 10.6 Å². The second kappa shape index (κ2) is 5.48. The predicted octanol–water partition coefficient (Wildman–Crippen LogP) is 3.25. The number of aryl methyl sites for hydroxylation is 1. The van der Waals surface area contributed by atoms with Crippen LogP contribution in [0.2, 0.25) is 0 Å². The Labute approximate surface area is 124 Å². The highest BCUT2D eigenvalue weighted by atomic mass is 32.1. The van der Waals surface area contributed by atoms with Crippen LogP contribution in [0.3, 0.4) is 0 Å². The van der Waals surface area contributed by atoms with Gasteiger partial charge in [-0.2, -0.15) is 14.9 Å². The number of pyridine rings is 1. The summed E-state index contributed by atoms with van der Waals surface area (Å²) in [5.74, 6) is 0.598. The summed E-state index contributed by atoms with van der Waals surface area (Å²) in [6, 6.07) is 7.68. The molecule has 0 amide bonds. The number of rotatable bonds is 3. The normalized spacial score (nSPS) is 11.2. The van der Waals surface area contributed by atoms with Gasteiger partial charge in [-0.3, -0.25) is 4.98 Å². The summed E-state index contributed by atoms with van der Waals surface area (Å²) >= 11 is 6.84. The third-order valence-corrected chi connectivity index (χ3v) is 3.95. The summed E-state index contributed by atoms with van der Waals surface area (Å²) in [6.45, 7) is 2.05. The van der Waals surface area contributed by atoms with E-state index in [1.807, 2.05) is 30.5 Å². The van der Waals surface area contributed by atoms with E-state index in [-0.39, 0.29) is 0 Å². The molecule has 0 unspecified atom stereocenters. The van der Waals surface area contributed by atoms with E-state index in [1.54, 1.807) is 28.4 Å². The van der Waals surface area contributed by atoms with Crippen LogP contribution in [-0.4, -0.2) is 26.1 Å². The molecule has 3 aromatic heterocycles. The van der Waals surface area contributed by atoms with Crippen LogP contribution in [0.15, 0.2) is 40.9 Å². The molecule has 0 aliphatic carbocycles. The van der Waals surface area contributed by atoms with E-state index < -0.39 is 0 Å². The maximum atomic E-state index is 5.21. The molecule has 0 aliphatic heterocycles. The highest BCUT2D eigenvalue weighted by molar-refractivity contribution is 7.71. The lowest BCUT2D eigenvalue weighted by Gasteiger charge is -1.99. The molecule has 5 nitrogen and oxygen atoms in total. The second-order valence-electron chi connectivity index (χ2n) is 4.09. The van der Waals surface area contributed by atoms with Crippen molar-refractivity contribution in [2.24, 2.45) is 5.10 Å². The molecule has 0 aromatic carbocycles. The second-order valence-corrected chi connectivity index (χ2v) is 5.43. The van der Waals surface area contributed by atoms with E-state index in [1.165, 1.54) is 5.56 Å². The van der Waals surface area contributed by atoms with E-state index in [4.69, 9.17) is 12.2 Å². The van der Waals surface area contributed by atoms with Crippen molar-refractivity contribution in [1.82, 2.24) is 19.9 Å². The Morgan fingerprint density at radius 1 is 1.40 bits per heavy atom. The molecular weight excluding hydrogens is 290 g/mol. The Hall–Kier alpha value is -2.12. The molecule has 0 aliphatic rings. The molecule has 0 spiro atoms. The van der Waals surface area contributed by atoms with Crippen LogP contribution in [0.25, 0.3) is 11.5 Å². The lowest BCUT2D eigenvalue weighted by Crippen LogP contribution is -1.96. The van der Waals surface area contributed by atoms with Crippen molar-refractivity contribution in [1.29, 1.82) is 0 Å². The van der Waals surface area contributed by atoms with Gasteiger partial charge in [-0.1, -0.05) is 6.07 Å². The van der Waals surface area contributed by atoms with Crippen LogP contribution in [0.1, 0.15) is 10.4 Å². The first-order valence-electron chi connectivity index (χ1n) is 5.93. The molecule has 100 valence electrons. The Morgan fingerprint density at radius 3 is 3.00 bits per heavy atom. The van der Waals surface area contributed by atoms with Crippen molar-refractivity contribution in [3.8, 4) is 11.5 Å². The number of H-pyrrole nitrogens is 1. The smallest absolute Gasteiger partial charge is 0.216 e. The van der Waals surface area contributed by atoms with Crippen LogP contribution < -0.4 is 0 Å². The summed E-state index contributed by atoms with van der Waals surface area (Å²) in [6.07, 6.45) is 3.50. The molecular formula is C13H11N5S2. The van der Waals surface area contributed by atoms with Gasteiger partial charge in [0.25, 0.3) is 0 Å². The summed E-state index contributed by atoms with van der Waals surface area (Å²) < 4.78 is 2.02. The molecule has 1 N–H and O–H groups in total. The minimum absolute atomic E-state index is 0.441. The van der Waals surface area contributed by atoms with E-state index in [0.717, 1.165) is 10.6 Å². The maximum absolute atomic E-state index is 5.21. The molecule has 0 radical (unpaired) electrons. The average Bonchev–Trinajstić information content (AvgIpc) is 3.04. The van der Waals surface area contributed by atoms with Crippen LogP contribution >= 0.6 is 23.6 Å². The molecule has 3 rings (SSSR count). The first-order valence-corrected chi connectivity index (χ1v) is 7.22. The fourth-order valence-corrected chi connectivity index (χ4v) is 2.65. The lowest BCUT2D eigenvalue weighted by molar-refractivity contribution is 0.867. The van der Waals surface area contributed by atoms with Crippen LogP contribution in [0.5, 0.6) is 0 Å². The van der Waals surface area contributed by atoms with Gasteiger partial charge in [0, 0.05) is 6.20 Å². The van der Waals surface area contributed by atoms with Crippen molar-refractivity contribution in [2.45, 2.75) is 6.92 Å². The van der Waals surface area contributed by atoms with E-state index in [9.17, 15) is 0 Å². The van der Waals surface area contributed by atoms with Crippen LogP contribution in [-0.2, 0) is 0 Å². The van der Waals surface area contributed by atoms with Crippen molar-refractivity contribution in [3.63, 3.8) is 0 Å². The fourth-order valence-electron chi connectivity index (χ4n) is 1.69. The monoisotopic (exact) mass is 301 g/mol. The fraction of sp³-hybridized carbons (Fsp3) is 0.0769. The Bertz CT molecular complexity index is 798. The average molecular weight is 301 g/mol. The van der Waals surface area contributed by atoms with Gasteiger partial charge in [0.05, 0.1) is 11.1 Å². The number of nitrogens with one attached hydrogen (secondary N) is 1. The summed E-state index contributed by atoms with van der Waals surface area (Å²) in [7, 11) is 0. The standard InChI is InChI=1S/C13H11N5S2/c1-9-5-7-20-11(9)8-15-18-12(16-17-13(18)19)10-4-2-3-6-14-10/h2-8H,1H3,(H,17,19)/b15-8+. The third kappa shape index (κ3) is 2.45. The molecule has 0 fully saturated rings. The third-order valence-electron chi connectivity index (χ3n) is 2.74. The Balaban J connectivity index is 2.03. The zero-order chi connectivity index (χ0) is 13.9. The van der Waals surface area contributed by atoms with Gasteiger partial charge >= 0.3 is 0 Å². The van der Waals surface area contributed by atoms with Crippen molar-refractivity contribution >= 4 is 29.8 Å². The minimum atomic E-state index is 0.441. The Morgan fingerprint density at radius 2 is 2.30 bits per heavy atom. The first-order chi connectivity index (χ1) is 9.75. The molecule has 20 heavy (non-hydrogen) atoms. The summed E-state index contributed by atoms with van der Waals surface area (Å²) in [5.41, 5.74) is 1.91. The van der Waals surface area contributed by atoms with Gasteiger partial charge < -0.3 is 0 Å². The topological polar surface area (TPSA) is 58.9 Å². The van der Waals surface area contributed by atoms with E-state index >= 15 is 0 Å². The van der Waals surface area contributed by atoms with Crippen molar-refractivity contribution in [3.05, 3.63) is 51.1 Å². The van der Waals surface area contributed by atoms with Gasteiger partial charge in [-0.05, 0) is 48.3 Å². The Kier molecular flexibility index (Phi) is 3.53. The predicted molar refractivity (Wildman–Crippen MR) is 82.7 cm³/mol. The largest absolute Gasteiger partial charge is 0.253 e. The number of aromatic amines is 1. The molecule has 3 aromatic rings. The minimum Gasteiger partial charge on any atom is -0.253 e. The first kappa shape index (κ1) is 12.9. The molecule has 3 heterocycles. The number of hydrogen-bond acceptors (Lipinski definition) is 5. The van der Waals surface area contributed by atoms with Crippen molar-refractivity contribution < 1.29 is 0 Å². The zero-order valence-electron chi connectivity index (χ0n) is 10.6. The molecule has 0 bridgehead atoms. The van der Waals surface area contributed by atoms with Crippen LogP contribution in [0.4, 0.5) is 0 Å². The molecule has 0 saturated heterocycles. The number of thiophene rings is 1. The van der Waals surface area contributed by atoms with Gasteiger partial charge in [0.1, 0.15) is 5.69 Å². The number of nitrogens with zero attached hydrogens (tertiary/aromatic N) is 4. The highest BCUT2D eigenvalue weighted by Crippen LogP contribution is 2.15. The molecule has 0 atom stereocenters. The summed E-state index contributed by atoms with van der Waals surface area (Å²) in [4.78, 5) is 5.36. The van der Waals surface area contributed by atoms with Gasteiger partial charge in [0.15, 0.2) is 0 Å². The van der Waals surface area contributed by atoms with E-state index in [2.05, 4.69) is 26.3 Å². The van der Waals surface area contributed by atoms with Crippen molar-refractivity contribution in [2.75, 3.05) is 0 Å². The molecule has 7 heteroatoms. The lowest BCUT2D eigenvalue weighted by atomic mass is 10.3. The van der Waals surface area contributed by atoms with Gasteiger partial charge in [-0.25, -0.2) is 5.10 Å². The number of aromatic nitrogens is 4. The van der Waals surface area contributed by atoms with E-state index in [0.29, 0.717) is 10.6 Å². The van der Waals surface area contributed by atoms with Crippen LogP contribution in [0, 0.1) is 11.7 Å². The number of hydrogen-bond donors (Lipinski definition) is 1. The molecule has 0 saturated carbocycles. The summed E-state index contributed by atoms with van der Waals surface area (Å²) in [5, 5.41) is 13.4. The quantitative estimate of drug-likeness (QED) is 0.597. The van der Waals surface area contributed by atoms with Gasteiger partial charge in [-0.15, -0.1) is 11.3 Å². The highest BCUT2D eigenvalue weighted by Gasteiger charge is 2.08.